The van der Waals surface area contributed by atoms with E-state index in [4.69, 9.17) is 5.73 Å². The average molecular weight is 284 g/mol. The SMILES string of the molecule is CC(C)c1nc(N)cc(Nc2ccccc2C(C)(C)C)n1. The number of aromatic nitrogens is 2. The van der Waals surface area contributed by atoms with Crippen LogP contribution < -0.4 is 11.1 Å². The molecule has 1 aromatic heterocycles. The van der Waals surface area contributed by atoms with Crippen molar-refractivity contribution in [3.63, 3.8) is 0 Å². The van der Waals surface area contributed by atoms with Crippen LogP contribution in [0.15, 0.2) is 30.3 Å². The summed E-state index contributed by atoms with van der Waals surface area (Å²) in [6, 6.07) is 10.0. The Balaban J connectivity index is 2.39. The molecule has 0 spiro atoms. The Hall–Kier alpha value is -2.10. The van der Waals surface area contributed by atoms with Crippen molar-refractivity contribution in [3.8, 4) is 0 Å². The van der Waals surface area contributed by atoms with Gasteiger partial charge in [-0.25, -0.2) is 9.97 Å². The molecule has 0 aliphatic rings. The normalized spacial score (nSPS) is 11.7. The van der Waals surface area contributed by atoms with Gasteiger partial charge >= 0.3 is 0 Å². The van der Waals surface area contributed by atoms with E-state index >= 15 is 0 Å². The third kappa shape index (κ3) is 3.72. The summed E-state index contributed by atoms with van der Waals surface area (Å²) in [7, 11) is 0. The van der Waals surface area contributed by atoms with Gasteiger partial charge in [-0.15, -0.1) is 0 Å². The molecule has 0 saturated heterocycles. The average Bonchev–Trinajstić information content (AvgIpc) is 2.37. The van der Waals surface area contributed by atoms with Crippen LogP contribution in [0.3, 0.4) is 0 Å². The highest BCUT2D eigenvalue weighted by molar-refractivity contribution is 5.63. The zero-order valence-electron chi connectivity index (χ0n) is 13.4. The third-order valence-electron chi connectivity index (χ3n) is 3.28. The summed E-state index contributed by atoms with van der Waals surface area (Å²) in [4.78, 5) is 8.82. The molecule has 0 unspecified atom stereocenters. The van der Waals surface area contributed by atoms with Crippen molar-refractivity contribution < 1.29 is 0 Å². The molecule has 4 nitrogen and oxygen atoms in total. The molecule has 0 atom stereocenters. The van der Waals surface area contributed by atoms with Crippen LogP contribution in [0.1, 0.15) is 51.9 Å². The lowest BCUT2D eigenvalue weighted by Gasteiger charge is -2.23. The van der Waals surface area contributed by atoms with Gasteiger partial charge in [0.2, 0.25) is 0 Å². The highest BCUT2D eigenvalue weighted by atomic mass is 15.1. The minimum absolute atomic E-state index is 0.0586. The maximum atomic E-state index is 5.88. The summed E-state index contributed by atoms with van der Waals surface area (Å²) < 4.78 is 0. The quantitative estimate of drug-likeness (QED) is 0.885. The first-order valence-electron chi connectivity index (χ1n) is 7.28. The minimum atomic E-state index is 0.0586. The number of nitrogens with one attached hydrogen (secondary N) is 1. The lowest BCUT2D eigenvalue weighted by atomic mass is 9.86. The summed E-state index contributed by atoms with van der Waals surface area (Å²) in [5.41, 5.74) is 8.24. The van der Waals surface area contributed by atoms with Gasteiger partial charge in [0.25, 0.3) is 0 Å². The third-order valence-corrected chi connectivity index (χ3v) is 3.28. The molecule has 4 heteroatoms. The van der Waals surface area contributed by atoms with Crippen molar-refractivity contribution >= 4 is 17.3 Å². The molecule has 0 aliphatic heterocycles. The highest BCUT2D eigenvalue weighted by Crippen LogP contribution is 2.31. The van der Waals surface area contributed by atoms with Crippen LogP contribution in [0.4, 0.5) is 17.3 Å². The van der Waals surface area contributed by atoms with E-state index in [-0.39, 0.29) is 11.3 Å². The van der Waals surface area contributed by atoms with E-state index in [9.17, 15) is 0 Å². The second-order valence-electron chi connectivity index (χ2n) is 6.61. The Morgan fingerprint density at radius 2 is 1.76 bits per heavy atom. The number of rotatable bonds is 3. The van der Waals surface area contributed by atoms with Crippen molar-refractivity contribution in [2.24, 2.45) is 0 Å². The highest BCUT2D eigenvalue weighted by Gasteiger charge is 2.18. The smallest absolute Gasteiger partial charge is 0.136 e. The van der Waals surface area contributed by atoms with Gasteiger partial charge in [0.1, 0.15) is 17.5 Å². The standard InChI is InChI=1S/C17H24N4/c1-11(2)16-20-14(18)10-15(21-16)19-13-9-7-6-8-12(13)17(3,4)5/h6-11H,1-5H3,(H3,18,19,20,21). The fourth-order valence-electron chi connectivity index (χ4n) is 2.19. The number of nitrogens with zero attached hydrogens (tertiary/aromatic N) is 2. The summed E-state index contributed by atoms with van der Waals surface area (Å²) >= 11 is 0. The van der Waals surface area contributed by atoms with Crippen LogP contribution >= 0.6 is 0 Å². The molecule has 21 heavy (non-hydrogen) atoms. The molecule has 0 bridgehead atoms. The number of nitrogen functional groups attached to an aromatic ring is 1. The number of hydrogen-bond acceptors (Lipinski definition) is 4. The topological polar surface area (TPSA) is 63.8 Å². The Kier molecular flexibility index (Phi) is 4.16. The number of para-hydroxylation sites is 1. The first-order chi connectivity index (χ1) is 9.77. The number of anilines is 3. The van der Waals surface area contributed by atoms with E-state index in [0.29, 0.717) is 5.82 Å². The van der Waals surface area contributed by atoms with Gasteiger partial charge < -0.3 is 11.1 Å². The van der Waals surface area contributed by atoms with Gasteiger partial charge in [0.05, 0.1) is 0 Å². The van der Waals surface area contributed by atoms with Crippen LogP contribution in [0.25, 0.3) is 0 Å². The molecule has 0 radical (unpaired) electrons. The lowest BCUT2D eigenvalue weighted by Crippen LogP contribution is -2.14. The predicted octanol–water partition coefficient (Wildman–Crippen LogP) is 4.22. The van der Waals surface area contributed by atoms with E-state index in [1.807, 2.05) is 6.07 Å². The van der Waals surface area contributed by atoms with Crippen LogP contribution in [-0.2, 0) is 5.41 Å². The lowest BCUT2D eigenvalue weighted by molar-refractivity contribution is 0.592. The van der Waals surface area contributed by atoms with Gasteiger partial charge in [0.15, 0.2) is 0 Å². The largest absolute Gasteiger partial charge is 0.384 e. The zero-order valence-corrected chi connectivity index (χ0v) is 13.4. The van der Waals surface area contributed by atoms with E-state index < -0.39 is 0 Å². The fourth-order valence-corrected chi connectivity index (χ4v) is 2.19. The van der Waals surface area contributed by atoms with Gasteiger partial charge in [-0.05, 0) is 17.0 Å². The molecule has 112 valence electrons. The number of hydrogen-bond donors (Lipinski definition) is 2. The molecule has 2 rings (SSSR count). The van der Waals surface area contributed by atoms with Crippen LogP contribution in [-0.4, -0.2) is 9.97 Å². The molecule has 2 aromatic rings. The summed E-state index contributed by atoms with van der Waals surface area (Å²) in [5.74, 6) is 2.23. The van der Waals surface area contributed by atoms with Crippen LogP contribution in [0.5, 0.6) is 0 Å². The van der Waals surface area contributed by atoms with Gasteiger partial charge in [-0.1, -0.05) is 52.8 Å². The molecule has 1 aromatic carbocycles. The molecule has 0 amide bonds. The molecule has 0 saturated carbocycles. The molecular weight excluding hydrogens is 260 g/mol. The Labute approximate surface area is 126 Å². The van der Waals surface area contributed by atoms with Crippen molar-refractivity contribution in [1.82, 2.24) is 9.97 Å². The van der Waals surface area contributed by atoms with Crippen molar-refractivity contribution in [1.29, 1.82) is 0 Å². The Morgan fingerprint density at radius 3 is 2.38 bits per heavy atom. The van der Waals surface area contributed by atoms with Crippen molar-refractivity contribution in [2.45, 2.75) is 46.0 Å². The fraction of sp³-hybridized carbons (Fsp3) is 0.412. The van der Waals surface area contributed by atoms with Gasteiger partial charge in [-0.2, -0.15) is 0 Å². The Morgan fingerprint density at radius 1 is 1.10 bits per heavy atom. The van der Waals surface area contributed by atoms with Crippen LogP contribution in [0, 0.1) is 0 Å². The monoisotopic (exact) mass is 284 g/mol. The molecule has 1 heterocycles. The Bertz CT molecular complexity index is 627. The number of nitrogens with two attached hydrogens (primary N) is 1. The van der Waals surface area contributed by atoms with E-state index in [2.05, 4.69) is 68.1 Å². The van der Waals surface area contributed by atoms with Crippen LogP contribution in [0.2, 0.25) is 0 Å². The molecule has 3 N–H and O–H groups in total. The summed E-state index contributed by atoms with van der Waals surface area (Å²) in [6.45, 7) is 10.7. The first-order valence-corrected chi connectivity index (χ1v) is 7.28. The maximum absolute atomic E-state index is 5.88. The zero-order chi connectivity index (χ0) is 15.6. The second-order valence-corrected chi connectivity index (χ2v) is 6.61. The second kappa shape index (κ2) is 5.72. The predicted molar refractivity (Wildman–Crippen MR) is 89.0 cm³/mol. The molecule has 0 fully saturated rings. The number of benzene rings is 1. The summed E-state index contributed by atoms with van der Waals surface area (Å²) in [5, 5.41) is 3.38. The van der Waals surface area contributed by atoms with Gasteiger partial charge in [0, 0.05) is 17.7 Å². The van der Waals surface area contributed by atoms with E-state index in [1.165, 1.54) is 5.56 Å². The van der Waals surface area contributed by atoms with E-state index in [1.54, 1.807) is 6.07 Å². The van der Waals surface area contributed by atoms with Crippen molar-refractivity contribution in [3.05, 3.63) is 41.7 Å². The summed E-state index contributed by atoms with van der Waals surface area (Å²) in [6.07, 6.45) is 0. The molecular formula is C17H24N4. The first kappa shape index (κ1) is 15.3. The minimum Gasteiger partial charge on any atom is -0.384 e. The van der Waals surface area contributed by atoms with E-state index in [0.717, 1.165) is 17.3 Å². The maximum Gasteiger partial charge on any atom is 0.136 e. The molecule has 0 aliphatic carbocycles. The van der Waals surface area contributed by atoms with Gasteiger partial charge in [-0.3, -0.25) is 0 Å². The van der Waals surface area contributed by atoms with Crippen molar-refractivity contribution in [2.75, 3.05) is 11.1 Å².